The van der Waals surface area contributed by atoms with Gasteiger partial charge in [-0.2, -0.15) is 0 Å². The highest BCUT2D eigenvalue weighted by Gasteiger charge is 2.14. The van der Waals surface area contributed by atoms with Crippen molar-refractivity contribution in [3.05, 3.63) is 42.8 Å². The van der Waals surface area contributed by atoms with Crippen LogP contribution in [-0.4, -0.2) is 11.6 Å². The fraction of sp³-hybridized carbons (Fsp3) is 0.375. The molecule has 0 aliphatic heterocycles. The molecule has 2 heterocycles. The van der Waals surface area contributed by atoms with Crippen molar-refractivity contribution in [3.63, 3.8) is 0 Å². The van der Waals surface area contributed by atoms with Crippen molar-refractivity contribution in [2.24, 2.45) is 0 Å². The van der Waals surface area contributed by atoms with Crippen LogP contribution in [0, 0.1) is 13.8 Å². The first-order chi connectivity index (χ1) is 10.4. The third kappa shape index (κ3) is 4.04. The first-order valence-corrected chi connectivity index (χ1v) is 11.1. The Morgan fingerprint density at radius 3 is 1.55 bits per heavy atom. The molecule has 0 saturated heterocycles. The van der Waals surface area contributed by atoms with E-state index < -0.39 is 0 Å². The van der Waals surface area contributed by atoms with E-state index in [2.05, 4.69) is 13.8 Å². The molecule has 0 aliphatic rings. The van der Waals surface area contributed by atoms with Gasteiger partial charge < -0.3 is 0 Å². The summed E-state index contributed by atoms with van der Waals surface area (Å²) in [7, 11) is 3.50. The summed E-state index contributed by atoms with van der Waals surface area (Å²) in [4.78, 5) is 25.7. The van der Waals surface area contributed by atoms with E-state index in [1.54, 1.807) is 58.1 Å². The van der Waals surface area contributed by atoms with Gasteiger partial charge in [0, 0.05) is 43.1 Å². The Hall–Kier alpha value is -0.560. The van der Waals surface area contributed by atoms with E-state index in [4.69, 9.17) is 0 Å². The van der Waals surface area contributed by atoms with Crippen LogP contribution in [-0.2, 0) is 11.5 Å². The minimum absolute atomic E-state index is 0.137. The molecule has 118 valence electrons. The molecule has 22 heavy (non-hydrogen) atoms. The third-order valence-electron chi connectivity index (χ3n) is 3.46. The topological polar surface area (TPSA) is 34.1 Å². The van der Waals surface area contributed by atoms with E-state index in [-0.39, 0.29) is 11.6 Å². The molecule has 0 aliphatic carbocycles. The zero-order chi connectivity index (χ0) is 16.3. The average Bonchev–Trinajstić information content (AvgIpc) is 2.99. The molecule has 2 aromatic heterocycles. The fourth-order valence-corrected chi connectivity index (χ4v) is 6.50. The number of hydrogen-bond acceptors (Lipinski definition) is 6. The van der Waals surface area contributed by atoms with Gasteiger partial charge in [-0.05, 0) is 38.8 Å². The molecule has 0 amide bonds. The van der Waals surface area contributed by atoms with Gasteiger partial charge in [-0.25, -0.2) is 0 Å². The van der Waals surface area contributed by atoms with Crippen molar-refractivity contribution < 1.29 is 9.59 Å². The number of Topliss-reactive ketones (excluding diaryl/α,β-unsaturated/α-hetero) is 2. The van der Waals surface area contributed by atoms with Crippen LogP contribution in [0.15, 0.2) is 10.8 Å². The number of hydrogen-bond donors (Lipinski definition) is 0. The lowest BCUT2D eigenvalue weighted by Crippen LogP contribution is -1.96. The molecule has 0 atom stereocenters. The van der Waals surface area contributed by atoms with Crippen LogP contribution in [0.1, 0.15) is 55.4 Å². The second kappa shape index (κ2) is 7.81. The predicted octanol–water partition coefficient (Wildman–Crippen LogP) is 5.91. The van der Waals surface area contributed by atoms with Crippen molar-refractivity contribution in [1.82, 2.24) is 0 Å². The molecule has 0 bridgehead atoms. The van der Waals surface area contributed by atoms with Gasteiger partial charge in [-0.1, -0.05) is 21.6 Å². The predicted molar refractivity (Wildman–Crippen MR) is 101 cm³/mol. The summed E-state index contributed by atoms with van der Waals surface area (Å²) in [6.07, 6.45) is 0. The summed E-state index contributed by atoms with van der Waals surface area (Å²) < 4.78 is 0. The molecule has 0 radical (unpaired) electrons. The summed E-state index contributed by atoms with van der Waals surface area (Å²) in [5.74, 6) is 1.93. The van der Waals surface area contributed by atoms with Gasteiger partial charge in [-0.3, -0.25) is 9.59 Å². The Morgan fingerprint density at radius 1 is 0.864 bits per heavy atom. The summed E-state index contributed by atoms with van der Waals surface area (Å²) >= 11 is 3.28. The van der Waals surface area contributed by atoms with Gasteiger partial charge in [0.2, 0.25) is 0 Å². The number of aryl methyl sites for hydroxylation is 2. The number of ketones is 2. The van der Waals surface area contributed by atoms with Gasteiger partial charge in [0.15, 0.2) is 11.6 Å². The summed E-state index contributed by atoms with van der Waals surface area (Å²) in [6, 6.07) is 0. The molecular weight excluding hydrogens is 352 g/mol. The van der Waals surface area contributed by atoms with Gasteiger partial charge in [-0.15, -0.1) is 22.7 Å². The quantitative estimate of drug-likeness (QED) is 0.344. The SMILES string of the molecule is CC(=O)c1csc(C)c1CSSCc1c(C(C)=O)csc1C. The van der Waals surface area contributed by atoms with Crippen LogP contribution in [0.2, 0.25) is 0 Å². The van der Waals surface area contributed by atoms with E-state index in [1.807, 2.05) is 10.8 Å². The van der Waals surface area contributed by atoms with Crippen molar-refractivity contribution in [3.8, 4) is 0 Å². The molecule has 0 aromatic carbocycles. The minimum Gasteiger partial charge on any atom is -0.294 e. The van der Waals surface area contributed by atoms with Crippen molar-refractivity contribution in [1.29, 1.82) is 0 Å². The number of carbonyl (C=O) groups excluding carboxylic acids is 2. The second-order valence-electron chi connectivity index (χ2n) is 5.00. The van der Waals surface area contributed by atoms with Crippen LogP contribution in [0.3, 0.4) is 0 Å². The molecule has 0 N–H and O–H groups in total. The highest BCUT2D eigenvalue weighted by Crippen LogP contribution is 2.36. The number of rotatable bonds is 7. The second-order valence-corrected chi connectivity index (χ2v) is 9.64. The highest BCUT2D eigenvalue weighted by molar-refractivity contribution is 8.76. The van der Waals surface area contributed by atoms with Crippen LogP contribution in [0.25, 0.3) is 0 Å². The minimum atomic E-state index is 0.137. The average molecular weight is 371 g/mol. The Balaban J connectivity index is 1.96. The zero-order valence-corrected chi connectivity index (χ0v) is 16.3. The summed E-state index contributed by atoms with van der Waals surface area (Å²) in [5, 5.41) is 3.91. The van der Waals surface area contributed by atoms with E-state index in [0.717, 1.165) is 33.8 Å². The van der Waals surface area contributed by atoms with Crippen LogP contribution in [0.4, 0.5) is 0 Å². The van der Waals surface area contributed by atoms with E-state index in [1.165, 1.54) is 9.75 Å². The van der Waals surface area contributed by atoms with Gasteiger partial charge in [0.25, 0.3) is 0 Å². The maximum absolute atomic E-state index is 11.6. The lowest BCUT2D eigenvalue weighted by atomic mass is 10.1. The van der Waals surface area contributed by atoms with Gasteiger partial charge >= 0.3 is 0 Å². The van der Waals surface area contributed by atoms with E-state index in [0.29, 0.717) is 0 Å². The monoisotopic (exact) mass is 370 g/mol. The molecule has 6 heteroatoms. The summed E-state index contributed by atoms with van der Waals surface area (Å²) in [5.41, 5.74) is 4.02. The van der Waals surface area contributed by atoms with E-state index in [9.17, 15) is 9.59 Å². The van der Waals surface area contributed by atoms with Crippen LogP contribution >= 0.6 is 44.3 Å². The molecule has 0 saturated carbocycles. The number of thiophene rings is 2. The molecule has 2 aromatic rings. The molecular formula is C16H18O2S4. The number of carbonyl (C=O) groups is 2. The largest absolute Gasteiger partial charge is 0.294 e. The maximum Gasteiger partial charge on any atom is 0.160 e. The van der Waals surface area contributed by atoms with Crippen molar-refractivity contribution >= 4 is 55.8 Å². The standard InChI is InChI=1S/C16H18O2S4/c1-9(17)13-5-19-11(3)15(13)7-21-22-8-16-12(4)20-6-14(16)10(2)18/h5-6H,7-8H2,1-4H3. The molecule has 0 fully saturated rings. The molecule has 0 unspecified atom stereocenters. The van der Waals surface area contributed by atoms with Crippen molar-refractivity contribution in [2.75, 3.05) is 0 Å². The molecule has 2 rings (SSSR count). The zero-order valence-electron chi connectivity index (χ0n) is 13.0. The van der Waals surface area contributed by atoms with Crippen molar-refractivity contribution in [2.45, 2.75) is 39.2 Å². The van der Waals surface area contributed by atoms with Gasteiger partial charge in [0.05, 0.1) is 0 Å². The molecule has 0 spiro atoms. The smallest absolute Gasteiger partial charge is 0.160 e. The Kier molecular flexibility index (Phi) is 6.32. The normalized spacial score (nSPS) is 10.9. The summed E-state index contributed by atoms with van der Waals surface area (Å²) in [6.45, 7) is 7.37. The van der Waals surface area contributed by atoms with Crippen LogP contribution < -0.4 is 0 Å². The van der Waals surface area contributed by atoms with Crippen LogP contribution in [0.5, 0.6) is 0 Å². The maximum atomic E-state index is 11.6. The first kappa shape index (κ1) is 17.8. The highest BCUT2D eigenvalue weighted by atomic mass is 33.1. The molecule has 2 nitrogen and oxygen atoms in total. The van der Waals surface area contributed by atoms with E-state index >= 15 is 0 Å². The van der Waals surface area contributed by atoms with Gasteiger partial charge in [0.1, 0.15) is 0 Å². The third-order valence-corrected chi connectivity index (χ3v) is 7.55. The fourth-order valence-electron chi connectivity index (χ4n) is 2.11. The Morgan fingerprint density at radius 2 is 1.23 bits per heavy atom. The Bertz CT molecular complexity index is 637. The first-order valence-electron chi connectivity index (χ1n) is 6.82. The lowest BCUT2D eigenvalue weighted by Gasteiger charge is -2.05. The Labute approximate surface area is 147 Å². The lowest BCUT2D eigenvalue weighted by molar-refractivity contribution is 0.100.